The summed E-state index contributed by atoms with van der Waals surface area (Å²) in [7, 11) is 0. The fourth-order valence-corrected chi connectivity index (χ4v) is 3.74. The van der Waals surface area contributed by atoms with Crippen molar-refractivity contribution in [1.29, 1.82) is 0 Å². The first-order chi connectivity index (χ1) is 16.3. The van der Waals surface area contributed by atoms with Crippen LogP contribution in [0.3, 0.4) is 0 Å². The van der Waals surface area contributed by atoms with Crippen molar-refractivity contribution in [3.63, 3.8) is 0 Å². The Labute approximate surface area is 193 Å². The van der Waals surface area contributed by atoms with Gasteiger partial charge in [0.05, 0.1) is 11.1 Å². The molecule has 2 N–H and O–H groups in total. The normalized spacial score (nSPS) is 26.0. The molecule has 1 unspecified atom stereocenters. The molecule has 2 aliphatic heterocycles. The van der Waals surface area contributed by atoms with Crippen LogP contribution < -0.4 is 5.32 Å². The van der Waals surface area contributed by atoms with Gasteiger partial charge in [-0.1, -0.05) is 36.4 Å². The summed E-state index contributed by atoms with van der Waals surface area (Å²) in [6.45, 7) is -0.867. The van der Waals surface area contributed by atoms with Crippen LogP contribution in [0, 0.1) is 0 Å². The Hall–Kier alpha value is -3.57. The number of halogens is 2. The molecule has 2 fully saturated rings. The molecular formula is C23H22F2N2O7. The highest BCUT2D eigenvalue weighted by atomic mass is 19.3. The van der Waals surface area contributed by atoms with E-state index < -0.39 is 55.2 Å². The maximum atomic E-state index is 15.5. The Morgan fingerprint density at radius 2 is 1.65 bits per heavy atom. The summed E-state index contributed by atoms with van der Waals surface area (Å²) >= 11 is 0. The van der Waals surface area contributed by atoms with E-state index in [0.717, 1.165) is 4.90 Å². The first kappa shape index (κ1) is 23.6. The second-order valence-corrected chi connectivity index (χ2v) is 7.81. The monoisotopic (exact) mass is 476 g/mol. The molecule has 2 heterocycles. The number of carbonyl (C=O) groups is 3. The molecule has 4 rings (SSSR count). The number of urea groups is 1. The predicted molar refractivity (Wildman–Crippen MR) is 112 cm³/mol. The molecule has 2 aliphatic rings. The van der Waals surface area contributed by atoms with Crippen molar-refractivity contribution in [2.45, 2.75) is 37.0 Å². The summed E-state index contributed by atoms with van der Waals surface area (Å²) < 4.78 is 46.7. The summed E-state index contributed by atoms with van der Waals surface area (Å²) in [5.41, 5.74) is 0.242. The van der Waals surface area contributed by atoms with E-state index in [-0.39, 0.29) is 24.1 Å². The van der Waals surface area contributed by atoms with Crippen molar-refractivity contribution in [2.24, 2.45) is 0 Å². The maximum Gasteiger partial charge on any atom is 0.338 e. The van der Waals surface area contributed by atoms with E-state index in [2.05, 4.69) is 5.32 Å². The minimum atomic E-state index is -3.84. The van der Waals surface area contributed by atoms with Crippen molar-refractivity contribution in [2.75, 3.05) is 13.2 Å². The number of esters is 2. The lowest BCUT2D eigenvalue weighted by Crippen LogP contribution is -2.60. The van der Waals surface area contributed by atoms with Crippen LogP contribution in [0.2, 0.25) is 0 Å². The zero-order valence-corrected chi connectivity index (χ0v) is 17.8. The van der Waals surface area contributed by atoms with Gasteiger partial charge in [-0.15, -0.1) is 0 Å². The predicted octanol–water partition coefficient (Wildman–Crippen LogP) is 2.16. The standard InChI is InChI=1S/C23H22F2N2O7/c24-23(25)18(34-20(30)15-9-5-2-6-10-15)16(13-32-19(29)14-7-3-1-4-8-14)33-21(23)27-12-11-17(28)26-22(27)31/h1-10,16-18,21,28H,11-13H2,(H,26,31)/t16-,17?,18-,21-/m1/s1. The summed E-state index contributed by atoms with van der Waals surface area (Å²) in [6.07, 6.45) is -6.99. The molecule has 2 amide bonds. The Kier molecular flexibility index (Phi) is 6.75. The van der Waals surface area contributed by atoms with Gasteiger partial charge in [0.25, 0.3) is 0 Å². The first-order valence-corrected chi connectivity index (χ1v) is 10.5. The number of ether oxygens (including phenoxy) is 3. The SMILES string of the molecule is O=C(OC[C@H]1O[C@@H](N2CCC(O)NC2=O)C(F)(F)[C@@H]1OC(=O)c1ccccc1)c1ccccc1. The van der Waals surface area contributed by atoms with Crippen LogP contribution in [0.4, 0.5) is 13.6 Å². The van der Waals surface area contributed by atoms with E-state index in [0.29, 0.717) is 0 Å². The highest BCUT2D eigenvalue weighted by Gasteiger charge is 2.64. The van der Waals surface area contributed by atoms with Gasteiger partial charge in [0.15, 0.2) is 6.10 Å². The van der Waals surface area contributed by atoms with Crippen molar-refractivity contribution in [3.8, 4) is 0 Å². The van der Waals surface area contributed by atoms with Crippen molar-refractivity contribution < 1.29 is 42.5 Å². The molecule has 0 bridgehead atoms. The average molecular weight is 476 g/mol. The molecule has 0 aliphatic carbocycles. The summed E-state index contributed by atoms with van der Waals surface area (Å²) in [5.74, 6) is -5.64. The van der Waals surface area contributed by atoms with Gasteiger partial charge in [-0.2, -0.15) is 8.78 Å². The van der Waals surface area contributed by atoms with Gasteiger partial charge in [-0.05, 0) is 24.3 Å². The zero-order chi connectivity index (χ0) is 24.3. The molecule has 11 heteroatoms. The van der Waals surface area contributed by atoms with Crippen LogP contribution in [-0.2, 0) is 14.2 Å². The smallest absolute Gasteiger partial charge is 0.338 e. The van der Waals surface area contributed by atoms with E-state index >= 15 is 8.78 Å². The third-order valence-corrected chi connectivity index (χ3v) is 5.46. The second-order valence-electron chi connectivity index (χ2n) is 7.81. The largest absolute Gasteiger partial charge is 0.459 e. The number of hydrogen-bond acceptors (Lipinski definition) is 7. The number of carbonyl (C=O) groups excluding carboxylic acids is 3. The highest BCUT2D eigenvalue weighted by molar-refractivity contribution is 5.90. The average Bonchev–Trinajstić information content (AvgIpc) is 3.08. The zero-order valence-electron chi connectivity index (χ0n) is 17.8. The van der Waals surface area contributed by atoms with Gasteiger partial charge in [-0.3, -0.25) is 4.90 Å². The Bertz CT molecular complexity index is 1040. The Balaban J connectivity index is 1.55. The summed E-state index contributed by atoms with van der Waals surface area (Å²) in [4.78, 5) is 37.8. The quantitative estimate of drug-likeness (QED) is 0.614. The lowest BCUT2D eigenvalue weighted by atomic mass is 10.1. The topological polar surface area (TPSA) is 114 Å². The molecule has 2 aromatic rings. The number of hydrogen-bond donors (Lipinski definition) is 2. The lowest BCUT2D eigenvalue weighted by Gasteiger charge is -2.36. The minimum absolute atomic E-state index is 0.0101. The molecule has 0 aromatic heterocycles. The number of rotatable bonds is 6. The molecule has 34 heavy (non-hydrogen) atoms. The molecule has 2 saturated heterocycles. The van der Waals surface area contributed by atoms with Crippen LogP contribution in [0.1, 0.15) is 27.1 Å². The molecular weight excluding hydrogens is 454 g/mol. The second kappa shape index (κ2) is 9.74. The lowest BCUT2D eigenvalue weighted by molar-refractivity contribution is -0.160. The third-order valence-electron chi connectivity index (χ3n) is 5.46. The van der Waals surface area contributed by atoms with E-state index in [1.807, 2.05) is 0 Å². The molecule has 0 radical (unpaired) electrons. The van der Waals surface area contributed by atoms with Crippen LogP contribution >= 0.6 is 0 Å². The van der Waals surface area contributed by atoms with Crippen LogP contribution in [0.25, 0.3) is 0 Å². The number of aliphatic hydroxyl groups is 1. The Morgan fingerprint density at radius 3 is 2.24 bits per heavy atom. The van der Waals surface area contributed by atoms with Gasteiger partial charge in [-0.25, -0.2) is 14.4 Å². The van der Waals surface area contributed by atoms with Crippen molar-refractivity contribution in [1.82, 2.24) is 10.2 Å². The molecule has 0 saturated carbocycles. The number of amides is 2. The van der Waals surface area contributed by atoms with Gasteiger partial charge < -0.3 is 24.6 Å². The number of nitrogens with one attached hydrogen (secondary N) is 1. The van der Waals surface area contributed by atoms with Gasteiger partial charge in [0.2, 0.25) is 6.23 Å². The molecule has 9 nitrogen and oxygen atoms in total. The van der Waals surface area contributed by atoms with E-state index in [1.165, 1.54) is 24.3 Å². The number of benzene rings is 2. The van der Waals surface area contributed by atoms with Crippen LogP contribution in [0.15, 0.2) is 60.7 Å². The van der Waals surface area contributed by atoms with Gasteiger partial charge in [0.1, 0.15) is 18.9 Å². The van der Waals surface area contributed by atoms with Crippen molar-refractivity contribution in [3.05, 3.63) is 71.8 Å². The Morgan fingerprint density at radius 1 is 1.06 bits per heavy atom. The van der Waals surface area contributed by atoms with E-state index in [1.54, 1.807) is 36.4 Å². The minimum Gasteiger partial charge on any atom is -0.459 e. The van der Waals surface area contributed by atoms with Gasteiger partial charge in [0, 0.05) is 13.0 Å². The number of alkyl halides is 2. The van der Waals surface area contributed by atoms with Crippen LogP contribution in [-0.4, -0.2) is 71.7 Å². The molecule has 180 valence electrons. The fourth-order valence-electron chi connectivity index (χ4n) is 3.74. The summed E-state index contributed by atoms with van der Waals surface area (Å²) in [6, 6.07) is 14.5. The van der Waals surface area contributed by atoms with E-state index in [9.17, 15) is 19.5 Å². The third kappa shape index (κ3) is 4.85. The van der Waals surface area contributed by atoms with Crippen LogP contribution in [0.5, 0.6) is 0 Å². The number of nitrogens with zero attached hydrogens (tertiary/aromatic N) is 1. The molecule has 4 atom stereocenters. The number of aliphatic hydroxyl groups excluding tert-OH is 1. The van der Waals surface area contributed by atoms with Crippen molar-refractivity contribution >= 4 is 18.0 Å². The highest BCUT2D eigenvalue weighted by Crippen LogP contribution is 2.41. The fraction of sp³-hybridized carbons (Fsp3) is 0.348. The maximum absolute atomic E-state index is 15.5. The first-order valence-electron chi connectivity index (χ1n) is 10.5. The van der Waals surface area contributed by atoms with Gasteiger partial charge >= 0.3 is 23.9 Å². The molecule has 0 spiro atoms. The molecule has 2 aromatic carbocycles. The summed E-state index contributed by atoms with van der Waals surface area (Å²) in [5, 5.41) is 11.7. The van der Waals surface area contributed by atoms with E-state index in [4.69, 9.17) is 14.2 Å².